The Morgan fingerprint density at radius 2 is 2.17 bits per heavy atom. The zero-order valence-electron chi connectivity index (χ0n) is 12.9. The van der Waals surface area contributed by atoms with Crippen molar-refractivity contribution in [3.63, 3.8) is 0 Å². The number of aryl methyl sites for hydroxylation is 2. The second-order valence-corrected chi connectivity index (χ2v) is 5.19. The molecule has 9 heteroatoms. The van der Waals surface area contributed by atoms with Gasteiger partial charge in [0.15, 0.2) is 11.7 Å². The molecule has 23 heavy (non-hydrogen) atoms. The summed E-state index contributed by atoms with van der Waals surface area (Å²) >= 11 is 5.07. The fourth-order valence-corrected chi connectivity index (χ4v) is 2.02. The van der Waals surface area contributed by atoms with Gasteiger partial charge in [0.1, 0.15) is 5.75 Å². The standard InChI is InChI=1S/C14H18N6O2S/c1-3-8-20-13(17-18-19-20)16-14(23)15-12(21)9-22-11-7-5-4-6-10(11)2/h4-7H,3,8-9H2,1-2H3,(H2,15,16,17,19,21,23). The summed E-state index contributed by atoms with van der Waals surface area (Å²) in [6.45, 7) is 4.44. The van der Waals surface area contributed by atoms with Crippen LogP contribution in [0.4, 0.5) is 5.95 Å². The summed E-state index contributed by atoms with van der Waals surface area (Å²) in [6.07, 6.45) is 0.878. The predicted octanol–water partition coefficient (Wildman–Crippen LogP) is 1.28. The molecule has 0 bridgehead atoms. The average molecular weight is 334 g/mol. The van der Waals surface area contributed by atoms with Crippen molar-refractivity contribution in [3.8, 4) is 5.75 Å². The lowest BCUT2D eigenvalue weighted by Gasteiger charge is -2.11. The minimum Gasteiger partial charge on any atom is -0.483 e. The van der Waals surface area contributed by atoms with Crippen molar-refractivity contribution in [2.75, 3.05) is 11.9 Å². The van der Waals surface area contributed by atoms with Gasteiger partial charge in [0, 0.05) is 6.54 Å². The molecular formula is C14H18N6O2S. The Labute approximate surface area is 139 Å². The van der Waals surface area contributed by atoms with Gasteiger partial charge in [-0.3, -0.25) is 15.4 Å². The van der Waals surface area contributed by atoms with E-state index in [1.54, 1.807) is 10.7 Å². The lowest BCUT2D eigenvalue weighted by Crippen LogP contribution is -2.38. The Morgan fingerprint density at radius 3 is 2.91 bits per heavy atom. The summed E-state index contributed by atoms with van der Waals surface area (Å²) in [4.78, 5) is 11.9. The van der Waals surface area contributed by atoms with Crippen LogP contribution in [-0.4, -0.2) is 37.8 Å². The molecule has 0 fully saturated rings. The van der Waals surface area contributed by atoms with Gasteiger partial charge in [0.25, 0.3) is 5.91 Å². The molecule has 2 N–H and O–H groups in total. The number of hydrogen-bond acceptors (Lipinski definition) is 6. The lowest BCUT2D eigenvalue weighted by atomic mass is 10.2. The number of hydrogen-bond donors (Lipinski definition) is 2. The summed E-state index contributed by atoms with van der Waals surface area (Å²) in [5.74, 6) is 0.686. The Hall–Kier alpha value is -2.55. The molecule has 1 aromatic heterocycles. The molecule has 0 spiro atoms. The molecule has 0 saturated carbocycles. The lowest BCUT2D eigenvalue weighted by molar-refractivity contribution is -0.121. The second kappa shape index (κ2) is 8.18. The summed E-state index contributed by atoms with van der Waals surface area (Å²) in [6, 6.07) is 7.47. The highest BCUT2D eigenvalue weighted by atomic mass is 32.1. The van der Waals surface area contributed by atoms with Crippen LogP contribution in [0.3, 0.4) is 0 Å². The first-order valence-electron chi connectivity index (χ1n) is 7.15. The Bertz CT molecular complexity index is 687. The first-order chi connectivity index (χ1) is 11.1. The van der Waals surface area contributed by atoms with E-state index in [-0.39, 0.29) is 17.6 Å². The Kier molecular flexibility index (Phi) is 5.98. The van der Waals surface area contributed by atoms with E-state index in [1.165, 1.54) is 0 Å². The maximum absolute atomic E-state index is 11.9. The number of aromatic nitrogens is 4. The first-order valence-corrected chi connectivity index (χ1v) is 7.56. The fourth-order valence-electron chi connectivity index (χ4n) is 1.81. The van der Waals surface area contributed by atoms with Crippen LogP contribution in [0, 0.1) is 6.92 Å². The average Bonchev–Trinajstić information content (AvgIpc) is 2.94. The third kappa shape index (κ3) is 4.99. The number of ether oxygens (including phenoxy) is 1. The molecule has 0 saturated heterocycles. The number of carbonyl (C=O) groups is 1. The number of amides is 1. The number of thiocarbonyl (C=S) groups is 1. The summed E-state index contributed by atoms with van der Waals surface area (Å²) in [5, 5.41) is 16.6. The largest absolute Gasteiger partial charge is 0.483 e. The van der Waals surface area contributed by atoms with Gasteiger partial charge < -0.3 is 4.74 Å². The number of anilines is 1. The van der Waals surface area contributed by atoms with E-state index in [0.717, 1.165) is 12.0 Å². The maximum atomic E-state index is 11.9. The number of rotatable bonds is 6. The third-order valence-corrected chi connectivity index (χ3v) is 3.10. The number of para-hydroxylation sites is 1. The summed E-state index contributed by atoms with van der Waals surface area (Å²) in [7, 11) is 0. The molecule has 0 aliphatic carbocycles. The van der Waals surface area contributed by atoms with E-state index in [2.05, 4.69) is 26.2 Å². The molecule has 1 aromatic carbocycles. The van der Waals surface area contributed by atoms with Crippen LogP contribution in [0.15, 0.2) is 24.3 Å². The molecule has 0 aliphatic rings. The van der Waals surface area contributed by atoms with E-state index in [0.29, 0.717) is 18.2 Å². The van der Waals surface area contributed by atoms with Crippen LogP contribution in [0.5, 0.6) is 5.75 Å². The number of carbonyl (C=O) groups excluding carboxylic acids is 1. The molecule has 2 aromatic rings. The number of nitrogens with one attached hydrogen (secondary N) is 2. The smallest absolute Gasteiger partial charge is 0.264 e. The van der Waals surface area contributed by atoms with Crippen LogP contribution in [-0.2, 0) is 11.3 Å². The quantitative estimate of drug-likeness (QED) is 0.769. The van der Waals surface area contributed by atoms with Gasteiger partial charge in [-0.15, -0.1) is 0 Å². The van der Waals surface area contributed by atoms with Crippen molar-refractivity contribution in [3.05, 3.63) is 29.8 Å². The number of benzene rings is 1. The molecule has 1 amide bonds. The van der Waals surface area contributed by atoms with Crippen LogP contribution >= 0.6 is 12.2 Å². The van der Waals surface area contributed by atoms with E-state index in [4.69, 9.17) is 17.0 Å². The normalized spacial score (nSPS) is 10.2. The molecule has 1 heterocycles. The van der Waals surface area contributed by atoms with Gasteiger partial charge in [0.2, 0.25) is 5.95 Å². The monoisotopic (exact) mass is 334 g/mol. The molecule has 0 atom stereocenters. The van der Waals surface area contributed by atoms with E-state index >= 15 is 0 Å². The van der Waals surface area contributed by atoms with E-state index in [1.807, 2.05) is 32.0 Å². The Balaban J connectivity index is 1.82. The number of tetrazole rings is 1. The molecule has 0 unspecified atom stereocenters. The second-order valence-electron chi connectivity index (χ2n) is 4.78. The van der Waals surface area contributed by atoms with E-state index < -0.39 is 0 Å². The van der Waals surface area contributed by atoms with Gasteiger partial charge in [-0.05, 0) is 47.6 Å². The van der Waals surface area contributed by atoms with Gasteiger partial charge >= 0.3 is 0 Å². The highest BCUT2D eigenvalue weighted by Gasteiger charge is 2.10. The third-order valence-electron chi connectivity index (χ3n) is 2.90. The van der Waals surface area contributed by atoms with Crippen molar-refractivity contribution in [2.24, 2.45) is 0 Å². The minimum absolute atomic E-state index is 0.121. The number of nitrogens with zero attached hydrogens (tertiary/aromatic N) is 4. The minimum atomic E-state index is -0.361. The van der Waals surface area contributed by atoms with Gasteiger partial charge in [0.05, 0.1) is 0 Å². The zero-order valence-corrected chi connectivity index (χ0v) is 13.8. The Morgan fingerprint density at radius 1 is 1.39 bits per heavy atom. The van der Waals surface area contributed by atoms with Gasteiger partial charge in [-0.2, -0.15) is 0 Å². The molecule has 2 rings (SSSR count). The molecule has 122 valence electrons. The molecular weight excluding hydrogens is 316 g/mol. The van der Waals surface area contributed by atoms with Crippen molar-refractivity contribution in [1.82, 2.24) is 25.5 Å². The topological polar surface area (TPSA) is 94.0 Å². The van der Waals surface area contributed by atoms with E-state index in [9.17, 15) is 4.79 Å². The fraction of sp³-hybridized carbons (Fsp3) is 0.357. The molecule has 0 aliphatic heterocycles. The highest BCUT2D eigenvalue weighted by molar-refractivity contribution is 7.80. The summed E-state index contributed by atoms with van der Waals surface area (Å²) in [5.41, 5.74) is 0.958. The van der Waals surface area contributed by atoms with Crippen molar-refractivity contribution < 1.29 is 9.53 Å². The SMILES string of the molecule is CCCn1nnnc1NC(=S)NC(=O)COc1ccccc1C. The van der Waals surface area contributed by atoms with Crippen LogP contribution < -0.4 is 15.4 Å². The first kappa shape index (κ1) is 16.8. The molecule has 0 radical (unpaired) electrons. The van der Waals surface area contributed by atoms with Crippen molar-refractivity contribution in [1.29, 1.82) is 0 Å². The maximum Gasteiger partial charge on any atom is 0.264 e. The predicted molar refractivity (Wildman–Crippen MR) is 89.1 cm³/mol. The van der Waals surface area contributed by atoms with Crippen LogP contribution in [0.1, 0.15) is 18.9 Å². The van der Waals surface area contributed by atoms with Gasteiger partial charge in [-0.25, -0.2) is 4.68 Å². The van der Waals surface area contributed by atoms with Crippen molar-refractivity contribution >= 4 is 29.2 Å². The summed E-state index contributed by atoms with van der Waals surface area (Å²) < 4.78 is 7.02. The van der Waals surface area contributed by atoms with Gasteiger partial charge in [-0.1, -0.05) is 30.2 Å². The van der Waals surface area contributed by atoms with Crippen molar-refractivity contribution in [2.45, 2.75) is 26.8 Å². The zero-order chi connectivity index (χ0) is 16.7. The van der Waals surface area contributed by atoms with Crippen LogP contribution in [0.25, 0.3) is 0 Å². The molecule has 8 nitrogen and oxygen atoms in total. The highest BCUT2D eigenvalue weighted by Crippen LogP contribution is 2.15. The van der Waals surface area contributed by atoms with Crippen LogP contribution in [0.2, 0.25) is 0 Å².